The highest BCUT2D eigenvalue weighted by Gasteiger charge is 2.21. The van der Waals surface area contributed by atoms with Gasteiger partial charge in [-0.05, 0) is 34.3 Å². The van der Waals surface area contributed by atoms with Crippen molar-refractivity contribution in [2.45, 2.75) is 26.7 Å². The molecule has 2 heterocycles. The number of ether oxygens (including phenoxy) is 2. The normalized spacial score (nSPS) is 11.0. The molecule has 0 spiro atoms. The van der Waals surface area contributed by atoms with E-state index in [1.807, 2.05) is 11.7 Å². The second kappa shape index (κ2) is 8.52. The van der Waals surface area contributed by atoms with Gasteiger partial charge in [0.25, 0.3) is 0 Å². The van der Waals surface area contributed by atoms with E-state index in [2.05, 4.69) is 76.0 Å². The summed E-state index contributed by atoms with van der Waals surface area (Å²) in [4.78, 5) is 8.16. The highest BCUT2D eigenvalue weighted by molar-refractivity contribution is 9.10. The van der Waals surface area contributed by atoms with Crippen LogP contribution in [0.4, 0.5) is 0 Å². The van der Waals surface area contributed by atoms with E-state index in [9.17, 15) is 0 Å². The Morgan fingerprint density at radius 1 is 1.04 bits per heavy atom. The Morgan fingerprint density at radius 2 is 1.67 bits per heavy atom. The van der Waals surface area contributed by atoms with E-state index < -0.39 is 0 Å². The molecule has 0 fully saturated rings. The molecule has 142 valence electrons. The third kappa shape index (κ3) is 4.66. The van der Waals surface area contributed by atoms with Gasteiger partial charge in [0, 0.05) is 19.4 Å². The molecule has 2 aromatic heterocycles. The molecule has 0 unspecified atom stereocenters. The molecule has 6 nitrogen and oxygen atoms in total. The van der Waals surface area contributed by atoms with Crippen LogP contribution in [0.15, 0.2) is 41.1 Å². The van der Waals surface area contributed by atoms with Gasteiger partial charge in [0.2, 0.25) is 5.88 Å². The highest BCUT2D eigenvalue weighted by Crippen LogP contribution is 2.36. The van der Waals surface area contributed by atoms with Crippen molar-refractivity contribution in [3.05, 3.63) is 52.4 Å². The van der Waals surface area contributed by atoms with Crippen LogP contribution < -0.4 is 9.47 Å². The number of hydrogen-bond acceptors (Lipinski definition) is 5. The average Bonchev–Trinajstić information content (AvgIpc) is 2.97. The zero-order valence-corrected chi connectivity index (χ0v) is 17.5. The maximum Gasteiger partial charge on any atom is 0.316 e. The Morgan fingerprint density at radius 3 is 2.30 bits per heavy atom. The lowest BCUT2D eigenvalue weighted by Gasteiger charge is -2.11. The van der Waals surface area contributed by atoms with Gasteiger partial charge in [0.1, 0.15) is 13.2 Å². The molecule has 7 heteroatoms. The van der Waals surface area contributed by atoms with E-state index in [1.54, 1.807) is 12.4 Å². The minimum atomic E-state index is 0.323. The third-order valence-corrected chi connectivity index (χ3v) is 4.51. The first-order valence-corrected chi connectivity index (χ1v) is 9.62. The molecule has 0 amide bonds. The third-order valence-electron chi connectivity index (χ3n) is 4.10. The summed E-state index contributed by atoms with van der Waals surface area (Å²) < 4.78 is 14.2. The van der Waals surface area contributed by atoms with Gasteiger partial charge in [0.05, 0.1) is 15.7 Å². The molecule has 0 atom stereocenters. The van der Waals surface area contributed by atoms with Crippen LogP contribution in [0.1, 0.15) is 31.0 Å². The maximum atomic E-state index is 5.96. The quantitative estimate of drug-likeness (QED) is 0.515. The molecule has 0 aliphatic rings. The highest BCUT2D eigenvalue weighted by atomic mass is 79.9. The standard InChI is InChI=1S/C20H23BrN4O2/c1-13(2)18-17(15-7-5-14(3)6-8-15)19(24-25(18)4)26-9-10-27-20-22-11-16(21)12-23-20/h5-8,11-13H,9-10H2,1-4H3. The molecule has 1 aromatic carbocycles. The number of aromatic nitrogens is 4. The van der Waals surface area contributed by atoms with E-state index in [1.165, 1.54) is 5.56 Å². The molecular weight excluding hydrogens is 408 g/mol. The Kier molecular flexibility index (Phi) is 6.11. The van der Waals surface area contributed by atoms with E-state index in [0.29, 0.717) is 31.0 Å². The van der Waals surface area contributed by atoms with Crippen molar-refractivity contribution in [3.63, 3.8) is 0 Å². The summed E-state index contributed by atoms with van der Waals surface area (Å²) in [5.74, 6) is 0.939. The smallest absolute Gasteiger partial charge is 0.316 e. The van der Waals surface area contributed by atoms with Crippen molar-refractivity contribution >= 4 is 15.9 Å². The second-order valence-corrected chi connectivity index (χ2v) is 7.51. The van der Waals surface area contributed by atoms with Crippen LogP contribution in [0.2, 0.25) is 0 Å². The molecular formula is C20H23BrN4O2. The fourth-order valence-electron chi connectivity index (χ4n) is 2.91. The van der Waals surface area contributed by atoms with Gasteiger partial charge < -0.3 is 9.47 Å². The summed E-state index contributed by atoms with van der Waals surface area (Å²) in [5, 5.41) is 4.59. The molecule has 0 N–H and O–H groups in total. The Bertz CT molecular complexity index is 890. The van der Waals surface area contributed by atoms with E-state index >= 15 is 0 Å². The molecule has 0 radical (unpaired) electrons. The maximum absolute atomic E-state index is 5.96. The Hall–Kier alpha value is -2.41. The lowest BCUT2D eigenvalue weighted by molar-refractivity contribution is 0.201. The van der Waals surface area contributed by atoms with Crippen LogP contribution >= 0.6 is 15.9 Å². The van der Waals surface area contributed by atoms with Crippen LogP contribution in [0, 0.1) is 6.92 Å². The van der Waals surface area contributed by atoms with Crippen molar-refractivity contribution in [2.24, 2.45) is 7.05 Å². The molecule has 3 rings (SSSR count). The van der Waals surface area contributed by atoms with E-state index in [-0.39, 0.29) is 0 Å². The molecule has 0 aliphatic carbocycles. The predicted molar refractivity (Wildman–Crippen MR) is 108 cm³/mol. The lowest BCUT2D eigenvalue weighted by atomic mass is 9.98. The van der Waals surface area contributed by atoms with Crippen LogP contribution in [-0.4, -0.2) is 33.0 Å². The van der Waals surface area contributed by atoms with Crippen LogP contribution in [0.25, 0.3) is 11.1 Å². The fourth-order valence-corrected chi connectivity index (χ4v) is 3.12. The number of rotatable bonds is 7. The lowest BCUT2D eigenvalue weighted by Crippen LogP contribution is -2.11. The second-order valence-electron chi connectivity index (χ2n) is 6.59. The topological polar surface area (TPSA) is 62.1 Å². The summed E-state index contributed by atoms with van der Waals surface area (Å²) in [6.07, 6.45) is 3.29. The molecule has 0 aliphatic heterocycles. The van der Waals surface area contributed by atoms with Crippen LogP contribution in [0.3, 0.4) is 0 Å². The molecule has 0 saturated heterocycles. The van der Waals surface area contributed by atoms with Gasteiger partial charge in [0.15, 0.2) is 0 Å². The number of benzene rings is 1. The minimum Gasteiger partial charge on any atom is -0.473 e. The zero-order chi connectivity index (χ0) is 19.4. The number of halogens is 1. The number of aryl methyl sites for hydroxylation is 2. The first-order chi connectivity index (χ1) is 13.0. The first kappa shape index (κ1) is 19.4. The molecule has 27 heavy (non-hydrogen) atoms. The van der Waals surface area contributed by atoms with Gasteiger partial charge in [-0.3, -0.25) is 4.68 Å². The monoisotopic (exact) mass is 430 g/mol. The molecule has 0 saturated carbocycles. The number of hydrogen-bond donors (Lipinski definition) is 0. The summed E-state index contributed by atoms with van der Waals surface area (Å²) in [6, 6.07) is 8.74. The van der Waals surface area contributed by atoms with Crippen molar-refractivity contribution < 1.29 is 9.47 Å². The minimum absolute atomic E-state index is 0.323. The van der Waals surface area contributed by atoms with Gasteiger partial charge >= 0.3 is 6.01 Å². The SMILES string of the molecule is Cc1ccc(-c2c(OCCOc3ncc(Br)cn3)nn(C)c2C(C)C)cc1. The molecule has 0 bridgehead atoms. The Balaban J connectivity index is 1.75. The fraction of sp³-hybridized carbons (Fsp3) is 0.350. The largest absolute Gasteiger partial charge is 0.473 e. The summed E-state index contributed by atoms with van der Waals surface area (Å²) in [6.45, 7) is 7.09. The van der Waals surface area contributed by atoms with Crippen LogP contribution in [0.5, 0.6) is 11.9 Å². The van der Waals surface area contributed by atoms with Gasteiger partial charge in [-0.2, -0.15) is 0 Å². The van der Waals surface area contributed by atoms with Crippen LogP contribution in [-0.2, 0) is 7.05 Å². The van der Waals surface area contributed by atoms with Crippen molar-refractivity contribution in [2.75, 3.05) is 13.2 Å². The summed E-state index contributed by atoms with van der Waals surface area (Å²) >= 11 is 3.30. The number of nitrogens with zero attached hydrogens (tertiary/aromatic N) is 4. The molecule has 3 aromatic rings. The first-order valence-electron chi connectivity index (χ1n) is 8.82. The van der Waals surface area contributed by atoms with Crippen molar-refractivity contribution in [3.8, 4) is 23.0 Å². The zero-order valence-electron chi connectivity index (χ0n) is 15.9. The van der Waals surface area contributed by atoms with Gasteiger partial charge in [-0.15, -0.1) is 5.10 Å². The van der Waals surface area contributed by atoms with Gasteiger partial charge in [-0.1, -0.05) is 43.7 Å². The average molecular weight is 431 g/mol. The van der Waals surface area contributed by atoms with E-state index in [4.69, 9.17) is 9.47 Å². The van der Waals surface area contributed by atoms with E-state index in [0.717, 1.165) is 21.3 Å². The van der Waals surface area contributed by atoms with Crippen molar-refractivity contribution in [1.29, 1.82) is 0 Å². The van der Waals surface area contributed by atoms with Crippen molar-refractivity contribution in [1.82, 2.24) is 19.7 Å². The summed E-state index contributed by atoms with van der Waals surface area (Å²) in [5.41, 5.74) is 4.50. The Labute approximate surface area is 167 Å². The summed E-state index contributed by atoms with van der Waals surface area (Å²) in [7, 11) is 1.95. The predicted octanol–water partition coefficient (Wildman–Crippen LogP) is 4.53. The van der Waals surface area contributed by atoms with Gasteiger partial charge in [-0.25, -0.2) is 9.97 Å².